The zero-order valence-electron chi connectivity index (χ0n) is 13.6. The number of benzene rings is 1. The standard InChI is InChI=1S/C17H14F3N3O2S/c1-10-6-11(9-26-10)14-7-12(22-23-14)8-21-16(24)13-4-2-3-5-15(13)25-17(18,19)20/h2-7,9H,8H2,1H3,(H,21,24)(H,22,23). The molecule has 1 aromatic carbocycles. The van der Waals surface area contributed by atoms with Gasteiger partial charge in [0.05, 0.1) is 23.5 Å². The Morgan fingerprint density at radius 1 is 1.31 bits per heavy atom. The van der Waals surface area contributed by atoms with Gasteiger partial charge in [-0.1, -0.05) is 12.1 Å². The molecule has 0 bridgehead atoms. The average molecular weight is 381 g/mol. The van der Waals surface area contributed by atoms with Crippen LogP contribution in [0, 0.1) is 6.92 Å². The molecule has 2 N–H and O–H groups in total. The SMILES string of the molecule is Cc1cc(-c2cc(CNC(=O)c3ccccc3OC(F)(F)F)[nH]n2)cs1. The van der Waals surface area contributed by atoms with E-state index in [4.69, 9.17) is 0 Å². The number of thiophene rings is 1. The van der Waals surface area contributed by atoms with Crippen LogP contribution in [0.5, 0.6) is 5.75 Å². The number of hydrogen-bond donors (Lipinski definition) is 2. The Morgan fingerprint density at radius 2 is 2.08 bits per heavy atom. The first-order chi connectivity index (χ1) is 12.3. The van der Waals surface area contributed by atoms with Crippen LogP contribution in [-0.4, -0.2) is 22.5 Å². The summed E-state index contributed by atoms with van der Waals surface area (Å²) in [6.07, 6.45) is -4.87. The van der Waals surface area contributed by atoms with Crippen LogP contribution in [-0.2, 0) is 6.54 Å². The molecule has 0 fully saturated rings. The number of aromatic nitrogens is 2. The van der Waals surface area contributed by atoms with Crippen molar-refractivity contribution in [1.29, 1.82) is 0 Å². The lowest BCUT2D eigenvalue weighted by molar-refractivity contribution is -0.274. The molecule has 3 rings (SSSR count). The lowest BCUT2D eigenvalue weighted by atomic mass is 10.2. The normalized spacial score (nSPS) is 11.4. The number of carbonyl (C=O) groups is 1. The summed E-state index contributed by atoms with van der Waals surface area (Å²) in [6.45, 7) is 2.08. The van der Waals surface area contributed by atoms with Crippen molar-refractivity contribution in [1.82, 2.24) is 15.5 Å². The van der Waals surface area contributed by atoms with Gasteiger partial charge in [0.2, 0.25) is 0 Å². The molecule has 0 unspecified atom stereocenters. The fraction of sp³-hybridized carbons (Fsp3) is 0.176. The van der Waals surface area contributed by atoms with Crippen molar-refractivity contribution >= 4 is 17.2 Å². The van der Waals surface area contributed by atoms with Gasteiger partial charge in [-0.05, 0) is 31.2 Å². The number of H-pyrrole nitrogens is 1. The topological polar surface area (TPSA) is 67.0 Å². The van der Waals surface area contributed by atoms with Crippen LogP contribution in [0.1, 0.15) is 20.9 Å². The van der Waals surface area contributed by atoms with E-state index in [1.54, 1.807) is 17.4 Å². The van der Waals surface area contributed by atoms with Gasteiger partial charge in [-0.25, -0.2) is 0 Å². The lowest BCUT2D eigenvalue weighted by Gasteiger charge is -2.12. The maximum absolute atomic E-state index is 12.4. The number of nitrogens with one attached hydrogen (secondary N) is 2. The van der Waals surface area contributed by atoms with E-state index >= 15 is 0 Å². The summed E-state index contributed by atoms with van der Waals surface area (Å²) < 4.78 is 41.2. The Labute approximate surface area is 150 Å². The van der Waals surface area contributed by atoms with Crippen molar-refractivity contribution in [2.45, 2.75) is 19.8 Å². The second-order valence-electron chi connectivity index (χ2n) is 5.45. The number of rotatable bonds is 5. The molecule has 0 atom stereocenters. The Bertz CT molecular complexity index is 918. The number of amides is 1. The number of para-hydroxylation sites is 1. The minimum absolute atomic E-state index is 0.0926. The first kappa shape index (κ1) is 18.0. The molecule has 2 heterocycles. The molecule has 26 heavy (non-hydrogen) atoms. The van der Waals surface area contributed by atoms with Crippen molar-refractivity contribution in [2.75, 3.05) is 0 Å². The summed E-state index contributed by atoms with van der Waals surface area (Å²) in [7, 11) is 0. The molecule has 0 spiro atoms. The fourth-order valence-electron chi connectivity index (χ4n) is 2.32. The number of aryl methyl sites for hydroxylation is 1. The fourth-order valence-corrected chi connectivity index (χ4v) is 3.01. The quantitative estimate of drug-likeness (QED) is 0.693. The highest BCUT2D eigenvalue weighted by molar-refractivity contribution is 7.10. The number of nitrogens with zero attached hydrogens (tertiary/aromatic N) is 1. The van der Waals surface area contributed by atoms with Crippen LogP contribution in [0.25, 0.3) is 11.3 Å². The Balaban J connectivity index is 1.67. The van der Waals surface area contributed by atoms with E-state index in [0.29, 0.717) is 5.69 Å². The lowest BCUT2D eigenvalue weighted by Crippen LogP contribution is -2.25. The number of halogens is 3. The largest absolute Gasteiger partial charge is 0.573 e. The van der Waals surface area contributed by atoms with E-state index in [9.17, 15) is 18.0 Å². The number of alkyl halides is 3. The molecule has 5 nitrogen and oxygen atoms in total. The van der Waals surface area contributed by atoms with Crippen LogP contribution in [0.2, 0.25) is 0 Å². The smallest absolute Gasteiger partial charge is 0.405 e. The van der Waals surface area contributed by atoms with Gasteiger partial charge in [0.15, 0.2) is 0 Å². The van der Waals surface area contributed by atoms with Crippen molar-refractivity contribution in [3.63, 3.8) is 0 Å². The molecule has 136 valence electrons. The van der Waals surface area contributed by atoms with E-state index in [2.05, 4.69) is 20.3 Å². The first-order valence-corrected chi connectivity index (χ1v) is 8.42. The molecule has 9 heteroatoms. The van der Waals surface area contributed by atoms with Gasteiger partial charge in [0, 0.05) is 15.8 Å². The van der Waals surface area contributed by atoms with Crippen molar-refractivity contribution < 1.29 is 22.7 Å². The summed E-state index contributed by atoms with van der Waals surface area (Å²) in [4.78, 5) is 13.4. The Morgan fingerprint density at radius 3 is 2.77 bits per heavy atom. The summed E-state index contributed by atoms with van der Waals surface area (Å²) >= 11 is 1.60. The molecular formula is C17H14F3N3O2S. The third-order valence-corrected chi connectivity index (χ3v) is 4.32. The molecule has 3 aromatic rings. The summed E-state index contributed by atoms with van der Waals surface area (Å²) in [5, 5.41) is 11.5. The van der Waals surface area contributed by atoms with Crippen LogP contribution in [0.4, 0.5) is 13.2 Å². The van der Waals surface area contributed by atoms with Gasteiger partial charge in [-0.15, -0.1) is 24.5 Å². The molecule has 0 aliphatic heterocycles. The number of hydrogen-bond acceptors (Lipinski definition) is 4. The van der Waals surface area contributed by atoms with E-state index in [1.165, 1.54) is 18.2 Å². The summed E-state index contributed by atoms with van der Waals surface area (Å²) in [5.74, 6) is -1.22. The zero-order valence-corrected chi connectivity index (χ0v) is 14.4. The first-order valence-electron chi connectivity index (χ1n) is 7.54. The van der Waals surface area contributed by atoms with Crippen LogP contribution >= 0.6 is 11.3 Å². The second kappa shape index (κ2) is 7.20. The van der Waals surface area contributed by atoms with Gasteiger partial charge in [-0.3, -0.25) is 9.89 Å². The number of ether oxygens (including phenoxy) is 1. The minimum Gasteiger partial charge on any atom is -0.405 e. The van der Waals surface area contributed by atoms with Crippen LogP contribution < -0.4 is 10.1 Å². The van der Waals surface area contributed by atoms with E-state index in [0.717, 1.165) is 22.2 Å². The highest BCUT2D eigenvalue weighted by atomic mass is 32.1. The summed E-state index contributed by atoms with van der Waals surface area (Å²) in [5.41, 5.74) is 2.13. The highest BCUT2D eigenvalue weighted by Gasteiger charge is 2.32. The molecule has 0 radical (unpaired) electrons. The number of carbonyl (C=O) groups excluding carboxylic acids is 1. The third kappa shape index (κ3) is 4.42. The third-order valence-electron chi connectivity index (χ3n) is 3.45. The van der Waals surface area contributed by atoms with Crippen LogP contribution in [0.3, 0.4) is 0 Å². The molecule has 1 amide bonds. The van der Waals surface area contributed by atoms with Crippen molar-refractivity contribution in [3.8, 4) is 17.0 Å². The maximum Gasteiger partial charge on any atom is 0.573 e. The molecule has 0 saturated heterocycles. The number of aromatic amines is 1. The van der Waals surface area contributed by atoms with Crippen LogP contribution in [0.15, 0.2) is 41.8 Å². The van der Waals surface area contributed by atoms with E-state index in [-0.39, 0.29) is 12.1 Å². The van der Waals surface area contributed by atoms with Crippen molar-refractivity contribution in [3.05, 3.63) is 57.9 Å². The van der Waals surface area contributed by atoms with Gasteiger partial charge in [-0.2, -0.15) is 5.10 Å². The van der Waals surface area contributed by atoms with Gasteiger partial charge >= 0.3 is 6.36 Å². The predicted molar refractivity (Wildman–Crippen MR) is 90.9 cm³/mol. The van der Waals surface area contributed by atoms with Gasteiger partial charge < -0.3 is 10.1 Å². The monoisotopic (exact) mass is 381 g/mol. The zero-order chi connectivity index (χ0) is 18.7. The average Bonchev–Trinajstić information content (AvgIpc) is 3.20. The van der Waals surface area contributed by atoms with Crippen molar-refractivity contribution in [2.24, 2.45) is 0 Å². The van der Waals surface area contributed by atoms with Gasteiger partial charge in [0.1, 0.15) is 5.75 Å². The Hall–Kier alpha value is -2.81. The predicted octanol–water partition coefficient (Wildman–Crippen LogP) is 4.28. The second-order valence-corrected chi connectivity index (χ2v) is 6.57. The maximum atomic E-state index is 12.4. The molecule has 2 aromatic heterocycles. The molecule has 0 aliphatic rings. The molecule has 0 aliphatic carbocycles. The van der Waals surface area contributed by atoms with E-state index in [1.807, 2.05) is 18.4 Å². The minimum atomic E-state index is -4.87. The summed E-state index contributed by atoms with van der Waals surface area (Å²) in [6, 6.07) is 8.96. The highest BCUT2D eigenvalue weighted by Crippen LogP contribution is 2.26. The van der Waals surface area contributed by atoms with Gasteiger partial charge in [0.25, 0.3) is 5.91 Å². The van der Waals surface area contributed by atoms with E-state index < -0.39 is 18.0 Å². The Kier molecular flexibility index (Phi) is 4.99. The molecular weight excluding hydrogens is 367 g/mol. The molecule has 0 saturated carbocycles.